The molecule has 0 atom stereocenters. The fourth-order valence-electron chi connectivity index (χ4n) is 3.83. The Hall–Kier alpha value is -3.45. The molecule has 3 aromatic rings. The Morgan fingerprint density at radius 1 is 0.900 bits per heavy atom. The summed E-state index contributed by atoms with van der Waals surface area (Å²) in [5, 5.41) is 3.01. The average Bonchev–Trinajstić information content (AvgIpc) is 3.47. The van der Waals surface area contributed by atoms with Crippen LogP contribution in [0.25, 0.3) is 5.69 Å². The standard InChI is InChI=1S/C23H24N4O3/c28-23(24-19-4-6-20(7-5-19)26-9-1-2-10-26)27-13-11-25(12-14-27)16-18-3-8-21-22(15-18)30-17-29-21/h1-10,15H,11-14,16-17H2,(H,24,28). The second-order valence-electron chi connectivity index (χ2n) is 7.52. The summed E-state index contributed by atoms with van der Waals surface area (Å²) in [7, 11) is 0. The lowest BCUT2D eigenvalue weighted by atomic mass is 10.1. The number of nitrogens with one attached hydrogen (secondary N) is 1. The molecule has 5 rings (SSSR count). The number of hydrogen-bond donors (Lipinski definition) is 1. The van der Waals surface area contributed by atoms with E-state index in [4.69, 9.17) is 9.47 Å². The van der Waals surface area contributed by atoms with Crippen molar-refractivity contribution in [3.8, 4) is 17.2 Å². The molecule has 2 amide bonds. The van der Waals surface area contributed by atoms with Gasteiger partial charge < -0.3 is 24.3 Å². The predicted octanol–water partition coefficient (Wildman–Crippen LogP) is 3.56. The number of hydrogen-bond acceptors (Lipinski definition) is 4. The quantitative estimate of drug-likeness (QED) is 0.723. The normalized spacial score (nSPS) is 15.9. The number of anilines is 1. The molecule has 1 fully saturated rings. The number of urea groups is 1. The summed E-state index contributed by atoms with van der Waals surface area (Å²) in [6.07, 6.45) is 3.99. The Balaban J connectivity index is 1.12. The van der Waals surface area contributed by atoms with Gasteiger partial charge in [-0.3, -0.25) is 4.90 Å². The second-order valence-corrected chi connectivity index (χ2v) is 7.52. The van der Waals surface area contributed by atoms with E-state index in [1.54, 1.807) is 0 Å². The van der Waals surface area contributed by atoms with E-state index in [9.17, 15) is 4.79 Å². The first-order chi connectivity index (χ1) is 14.7. The smallest absolute Gasteiger partial charge is 0.321 e. The maximum Gasteiger partial charge on any atom is 0.321 e. The Morgan fingerprint density at radius 2 is 1.63 bits per heavy atom. The molecule has 7 heteroatoms. The van der Waals surface area contributed by atoms with Crippen LogP contribution in [0.2, 0.25) is 0 Å². The van der Waals surface area contributed by atoms with Gasteiger partial charge in [0.2, 0.25) is 6.79 Å². The molecule has 0 bridgehead atoms. The molecule has 2 aromatic carbocycles. The predicted molar refractivity (Wildman–Crippen MR) is 114 cm³/mol. The molecule has 7 nitrogen and oxygen atoms in total. The molecular weight excluding hydrogens is 380 g/mol. The van der Waals surface area contributed by atoms with Crippen LogP contribution in [-0.4, -0.2) is 53.4 Å². The molecule has 1 aromatic heterocycles. The maximum atomic E-state index is 12.6. The summed E-state index contributed by atoms with van der Waals surface area (Å²) in [5.41, 5.74) is 3.06. The van der Waals surface area contributed by atoms with E-state index in [-0.39, 0.29) is 6.03 Å². The lowest BCUT2D eigenvalue weighted by Gasteiger charge is -2.34. The van der Waals surface area contributed by atoms with Crippen molar-refractivity contribution >= 4 is 11.7 Å². The SMILES string of the molecule is O=C(Nc1ccc(-n2cccc2)cc1)N1CCN(Cc2ccc3c(c2)OCO3)CC1. The zero-order chi connectivity index (χ0) is 20.3. The number of aromatic nitrogens is 1. The Bertz CT molecular complexity index is 1010. The minimum absolute atomic E-state index is 0.0496. The van der Waals surface area contributed by atoms with E-state index < -0.39 is 0 Å². The van der Waals surface area contributed by atoms with Crippen molar-refractivity contribution in [3.63, 3.8) is 0 Å². The number of nitrogens with zero attached hydrogens (tertiary/aromatic N) is 3. The number of piperazine rings is 1. The fourth-order valence-corrected chi connectivity index (χ4v) is 3.83. The molecule has 30 heavy (non-hydrogen) atoms. The van der Waals surface area contributed by atoms with E-state index >= 15 is 0 Å². The molecular formula is C23H24N4O3. The second kappa shape index (κ2) is 8.12. The molecule has 1 saturated heterocycles. The first kappa shape index (κ1) is 18.6. The van der Waals surface area contributed by atoms with Gasteiger partial charge in [-0.15, -0.1) is 0 Å². The molecule has 2 aliphatic rings. The van der Waals surface area contributed by atoms with Gasteiger partial charge in [-0.2, -0.15) is 0 Å². The third-order valence-corrected chi connectivity index (χ3v) is 5.52. The van der Waals surface area contributed by atoms with Crippen LogP contribution in [0.5, 0.6) is 11.5 Å². The van der Waals surface area contributed by atoms with Crippen LogP contribution in [0, 0.1) is 0 Å². The monoisotopic (exact) mass is 404 g/mol. The van der Waals surface area contributed by atoms with Gasteiger partial charge in [-0.1, -0.05) is 6.07 Å². The lowest BCUT2D eigenvalue weighted by Crippen LogP contribution is -2.49. The Kier molecular flexibility index (Phi) is 5.03. The third-order valence-electron chi connectivity index (χ3n) is 5.52. The first-order valence-electron chi connectivity index (χ1n) is 10.1. The van der Waals surface area contributed by atoms with Crippen LogP contribution >= 0.6 is 0 Å². The number of carbonyl (C=O) groups excluding carboxylic acids is 1. The molecule has 0 radical (unpaired) electrons. The Morgan fingerprint density at radius 3 is 2.40 bits per heavy atom. The highest BCUT2D eigenvalue weighted by molar-refractivity contribution is 5.89. The van der Waals surface area contributed by atoms with Gasteiger partial charge in [0.05, 0.1) is 0 Å². The van der Waals surface area contributed by atoms with Crippen molar-refractivity contribution in [3.05, 3.63) is 72.6 Å². The van der Waals surface area contributed by atoms with Gasteiger partial charge in [-0.25, -0.2) is 4.79 Å². The highest BCUT2D eigenvalue weighted by atomic mass is 16.7. The van der Waals surface area contributed by atoms with Crippen LogP contribution in [0.1, 0.15) is 5.56 Å². The van der Waals surface area contributed by atoms with Crippen LogP contribution in [0.15, 0.2) is 67.0 Å². The van der Waals surface area contributed by atoms with Gasteiger partial charge in [0, 0.05) is 56.5 Å². The van der Waals surface area contributed by atoms with Crippen molar-refractivity contribution in [1.82, 2.24) is 14.4 Å². The minimum atomic E-state index is -0.0496. The van der Waals surface area contributed by atoms with Crippen molar-refractivity contribution < 1.29 is 14.3 Å². The lowest BCUT2D eigenvalue weighted by molar-refractivity contribution is 0.143. The molecule has 0 spiro atoms. The number of ether oxygens (including phenoxy) is 2. The number of rotatable bonds is 4. The molecule has 1 N–H and O–H groups in total. The van der Waals surface area contributed by atoms with Crippen molar-refractivity contribution in [2.24, 2.45) is 0 Å². The number of carbonyl (C=O) groups is 1. The minimum Gasteiger partial charge on any atom is -0.454 e. The Labute approximate surface area is 175 Å². The van der Waals surface area contributed by atoms with Crippen LogP contribution in [0.4, 0.5) is 10.5 Å². The van der Waals surface area contributed by atoms with Gasteiger partial charge in [0.15, 0.2) is 11.5 Å². The van der Waals surface area contributed by atoms with Crippen LogP contribution < -0.4 is 14.8 Å². The van der Waals surface area contributed by atoms with Crippen molar-refractivity contribution in [2.45, 2.75) is 6.54 Å². The van der Waals surface area contributed by atoms with Crippen LogP contribution in [0.3, 0.4) is 0 Å². The zero-order valence-electron chi connectivity index (χ0n) is 16.7. The molecule has 2 aliphatic heterocycles. The average molecular weight is 404 g/mol. The number of benzene rings is 2. The van der Waals surface area contributed by atoms with Crippen LogP contribution in [-0.2, 0) is 6.54 Å². The van der Waals surface area contributed by atoms with E-state index in [1.807, 2.05) is 70.4 Å². The highest BCUT2D eigenvalue weighted by Crippen LogP contribution is 2.32. The summed E-state index contributed by atoms with van der Waals surface area (Å²) in [6.45, 7) is 4.23. The van der Waals surface area contributed by atoms with Gasteiger partial charge in [0.1, 0.15) is 0 Å². The van der Waals surface area contributed by atoms with Gasteiger partial charge in [0.25, 0.3) is 0 Å². The maximum absolute atomic E-state index is 12.6. The highest BCUT2D eigenvalue weighted by Gasteiger charge is 2.22. The van der Waals surface area contributed by atoms with E-state index in [2.05, 4.69) is 16.3 Å². The third kappa shape index (κ3) is 3.97. The van der Waals surface area contributed by atoms with Gasteiger partial charge in [-0.05, 0) is 54.1 Å². The zero-order valence-corrected chi connectivity index (χ0v) is 16.7. The van der Waals surface area contributed by atoms with Gasteiger partial charge >= 0.3 is 6.03 Å². The van der Waals surface area contributed by atoms with E-state index in [0.717, 1.165) is 42.5 Å². The summed E-state index contributed by atoms with van der Waals surface area (Å²) in [5.74, 6) is 1.62. The van der Waals surface area contributed by atoms with E-state index in [0.29, 0.717) is 19.9 Å². The molecule has 3 heterocycles. The number of amides is 2. The molecule has 0 saturated carbocycles. The fraction of sp³-hybridized carbons (Fsp3) is 0.261. The van der Waals surface area contributed by atoms with Crippen molar-refractivity contribution in [1.29, 1.82) is 0 Å². The summed E-state index contributed by atoms with van der Waals surface area (Å²) in [6, 6.07) is 17.9. The van der Waals surface area contributed by atoms with Crippen molar-refractivity contribution in [2.75, 3.05) is 38.3 Å². The molecule has 0 aliphatic carbocycles. The topological polar surface area (TPSA) is 59.0 Å². The number of fused-ring (bicyclic) bond motifs is 1. The summed E-state index contributed by atoms with van der Waals surface area (Å²) in [4.78, 5) is 16.9. The molecule has 0 unspecified atom stereocenters. The largest absolute Gasteiger partial charge is 0.454 e. The van der Waals surface area contributed by atoms with E-state index in [1.165, 1.54) is 5.56 Å². The molecule has 154 valence electrons. The summed E-state index contributed by atoms with van der Waals surface area (Å²) >= 11 is 0. The summed E-state index contributed by atoms with van der Waals surface area (Å²) < 4.78 is 12.9. The first-order valence-corrected chi connectivity index (χ1v) is 10.1.